The molecule has 3 aromatic rings. The predicted molar refractivity (Wildman–Crippen MR) is 101 cm³/mol. The van der Waals surface area contributed by atoms with Crippen LogP contribution in [0.15, 0.2) is 41.6 Å². The molecule has 0 aliphatic heterocycles. The van der Waals surface area contributed by atoms with Crippen molar-refractivity contribution in [1.29, 1.82) is 0 Å². The Hall–Kier alpha value is -2.76. The van der Waals surface area contributed by atoms with E-state index in [1.165, 1.54) is 23.0 Å². The number of hydrogen-bond donors (Lipinski definition) is 4. The monoisotopic (exact) mass is 391 g/mol. The summed E-state index contributed by atoms with van der Waals surface area (Å²) in [5.74, 6) is 1.69. The number of primary sulfonamides is 1. The van der Waals surface area contributed by atoms with E-state index in [-0.39, 0.29) is 23.5 Å². The van der Waals surface area contributed by atoms with Gasteiger partial charge in [-0.15, -0.1) is 0 Å². The van der Waals surface area contributed by atoms with E-state index in [1.807, 2.05) is 13.8 Å². The topological polar surface area (TPSA) is 148 Å². The van der Waals surface area contributed by atoms with Crippen molar-refractivity contribution in [1.82, 2.24) is 19.6 Å². The number of benzene rings is 1. The normalized spacial score (nSPS) is 13.1. The highest BCUT2D eigenvalue weighted by Crippen LogP contribution is 2.22. The fourth-order valence-corrected chi connectivity index (χ4v) is 2.98. The second kappa shape index (κ2) is 7.47. The summed E-state index contributed by atoms with van der Waals surface area (Å²) in [7, 11) is -3.75. The van der Waals surface area contributed by atoms with E-state index in [9.17, 15) is 13.5 Å². The predicted octanol–water partition coefficient (Wildman–Crippen LogP) is 0.944. The molecule has 0 radical (unpaired) electrons. The number of anilines is 3. The van der Waals surface area contributed by atoms with Crippen molar-refractivity contribution in [3.8, 4) is 0 Å². The average Bonchev–Trinajstić information content (AvgIpc) is 3.08. The first-order chi connectivity index (χ1) is 12.8. The van der Waals surface area contributed by atoms with E-state index in [0.717, 1.165) is 0 Å². The third kappa shape index (κ3) is 4.32. The molecular formula is C16H21N7O3S. The summed E-state index contributed by atoms with van der Waals surface area (Å²) in [5, 5.41) is 25.1. The minimum absolute atomic E-state index is 0.0266. The highest BCUT2D eigenvalue weighted by molar-refractivity contribution is 7.89. The molecule has 0 fully saturated rings. The summed E-state index contributed by atoms with van der Waals surface area (Å²) in [6.07, 6.45) is 1.38. The molecule has 2 aromatic heterocycles. The summed E-state index contributed by atoms with van der Waals surface area (Å²) in [6, 6.07) is 7.60. The highest BCUT2D eigenvalue weighted by atomic mass is 32.2. The molecule has 0 saturated carbocycles. The Balaban J connectivity index is 1.92. The first kappa shape index (κ1) is 19.0. The summed E-state index contributed by atoms with van der Waals surface area (Å²) in [5.41, 5.74) is 0.638. The van der Waals surface area contributed by atoms with Gasteiger partial charge in [-0.2, -0.15) is 19.6 Å². The average molecular weight is 391 g/mol. The number of sulfonamides is 1. The molecule has 10 nitrogen and oxygen atoms in total. The molecule has 11 heteroatoms. The molecule has 0 saturated heterocycles. The van der Waals surface area contributed by atoms with Crippen molar-refractivity contribution in [3.63, 3.8) is 0 Å². The van der Waals surface area contributed by atoms with Gasteiger partial charge < -0.3 is 15.7 Å². The summed E-state index contributed by atoms with van der Waals surface area (Å²) in [6.45, 7) is 3.96. The number of aliphatic hydroxyl groups excluding tert-OH is 1. The van der Waals surface area contributed by atoms with Crippen LogP contribution in [0.2, 0.25) is 0 Å². The van der Waals surface area contributed by atoms with Gasteiger partial charge in [-0.05, 0) is 30.2 Å². The largest absolute Gasteiger partial charge is 0.394 e. The van der Waals surface area contributed by atoms with Crippen molar-refractivity contribution in [3.05, 3.63) is 36.7 Å². The van der Waals surface area contributed by atoms with Gasteiger partial charge in [-0.25, -0.2) is 13.6 Å². The molecule has 27 heavy (non-hydrogen) atoms. The van der Waals surface area contributed by atoms with Gasteiger partial charge in [0.1, 0.15) is 18.0 Å². The van der Waals surface area contributed by atoms with Crippen LogP contribution in [0.4, 0.5) is 17.3 Å². The third-order valence-corrected chi connectivity index (χ3v) is 4.97. The standard InChI is InChI=1S/C16H21N7O3S/c1-10(2)13(8-24)21-14-7-15(23-16(22-14)18-9-19-23)20-11-3-5-12(6-4-11)27(17,25)26/h3-7,9-10,13,20,24H,8H2,1-2H3,(H2,17,25,26)(H,18,19,21,22). The Labute approximate surface area is 156 Å². The molecular weight excluding hydrogens is 370 g/mol. The maximum atomic E-state index is 11.4. The number of hydrogen-bond acceptors (Lipinski definition) is 8. The first-order valence-corrected chi connectivity index (χ1v) is 9.80. The Kier molecular flexibility index (Phi) is 5.26. The van der Waals surface area contributed by atoms with Gasteiger partial charge in [0.2, 0.25) is 10.0 Å². The van der Waals surface area contributed by atoms with Crippen LogP contribution < -0.4 is 15.8 Å². The number of rotatable bonds is 7. The zero-order valence-electron chi connectivity index (χ0n) is 14.9. The van der Waals surface area contributed by atoms with Crippen molar-refractivity contribution >= 4 is 33.1 Å². The molecule has 1 aromatic carbocycles. The fourth-order valence-electron chi connectivity index (χ4n) is 2.46. The van der Waals surface area contributed by atoms with Gasteiger partial charge in [0.15, 0.2) is 0 Å². The lowest BCUT2D eigenvalue weighted by atomic mass is 10.1. The van der Waals surface area contributed by atoms with E-state index in [2.05, 4.69) is 25.7 Å². The molecule has 5 N–H and O–H groups in total. The highest BCUT2D eigenvalue weighted by Gasteiger charge is 2.15. The van der Waals surface area contributed by atoms with Gasteiger partial charge in [0, 0.05) is 11.8 Å². The second-order valence-electron chi connectivity index (χ2n) is 6.37. The lowest BCUT2D eigenvalue weighted by Crippen LogP contribution is -2.30. The van der Waals surface area contributed by atoms with Crippen molar-refractivity contribution < 1.29 is 13.5 Å². The van der Waals surface area contributed by atoms with Crippen LogP contribution >= 0.6 is 0 Å². The summed E-state index contributed by atoms with van der Waals surface area (Å²) < 4.78 is 24.3. The number of fused-ring (bicyclic) bond motifs is 1. The number of aromatic nitrogens is 4. The minimum Gasteiger partial charge on any atom is -0.394 e. The van der Waals surface area contributed by atoms with Crippen LogP contribution in [0, 0.1) is 5.92 Å². The SMILES string of the molecule is CC(C)C(CO)Nc1cc(Nc2ccc(S(N)(=O)=O)cc2)n2ncnc2n1. The smallest absolute Gasteiger partial charge is 0.256 e. The zero-order chi connectivity index (χ0) is 19.6. The first-order valence-electron chi connectivity index (χ1n) is 8.26. The van der Waals surface area contributed by atoms with Crippen molar-refractivity contribution in [2.45, 2.75) is 24.8 Å². The van der Waals surface area contributed by atoms with Crippen molar-refractivity contribution in [2.24, 2.45) is 11.1 Å². The van der Waals surface area contributed by atoms with E-state index >= 15 is 0 Å². The zero-order valence-corrected chi connectivity index (χ0v) is 15.7. The molecule has 0 amide bonds. The van der Waals surface area contributed by atoms with E-state index in [0.29, 0.717) is 23.1 Å². The molecule has 0 aliphatic rings. The Bertz CT molecular complexity index is 1030. The van der Waals surface area contributed by atoms with Gasteiger partial charge in [-0.3, -0.25) is 0 Å². The van der Waals surface area contributed by atoms with Crippen molar-refractivity contribution in [2.75, 3.05) is 17.2 Å². The minimum atomic E-state index is -3.75. The molecule has 144 valence electrons. The summed E-state index contributed by atoms with van der Waals surface area (Å²) >= 11 is 0. The van der Waals surface area contributed by atoms with E-state index in [1.54, 1.807) is 18.2 Å². The summed E-state index contributed by atoms with van der Waals surface area (Å²) in [4.78, 5) is 8.52. The Morgan fingerprint density at radius 2 is 1.96 bits per heavy atom. The van der Waals surface area contributed by atoms with E-state index < -0.39 is 10.0 Å². The van der Waals surface area contributed by atoms with Crippen LogP contribution in [0.1, 0.15) is 13.8 Å². The molecule has 0 bridgehead atoms. The van der Waals surface area contributed by atoms with Crippen LogP contribution in [0.3, 0.4) is 0 Å². The molecule has 2 heterocycles. The lowest BCUT2D eigenvalue weighted by Gasteiger charge is -2.21. The number of nitrogens with one attached hydrogen (secondary N) is 2. The van der Waals surface area contributed by atoms with Gasteiger partial charge in [0.25, 0.3) is 5.78 Å². The Morgan fingerprint density at radius 3 is 2.56 bits per heavy atom. The second-order valence-corrected chi connectivity index (χ2v) is 7.93. The molecule has 1 unspecified atom stereocenters. The van der Waals surface area contributed by atoms with Gasteiger partial charge in [-0.1, -0.05) is 13.8 Å². The van der Waals surface area contributed by atoms with Gasteiger partial charge in [0.05, 0.1) is 17.5 Å². The Morgan fingerprint density at radius 1 is 1.26 bits per heavy atom. The maximum absolute atomic E-state index is 11.4. The van der Waals surface area contributed by atoms with Crippen LogP contribution in [0.25, 0.3) is 5.78 Å². The molecule has 0 aliphatic carbocycles. The van der Waals surface area contributed by atoms with E-state index in [4.69, 9.17) is 5.14 Å². The number of nitrogens with two attached hydrogens (primary N) is 1. The quantitative estimate of drug-likeness (QED) is 0.465. The molecule has 0 spiro atoms. The van der Waals surface area contributed by atoms with Crippen LogP contribution in [-0.4, -0.2) is 45.8 Å². The van der Waals surface area contributed by atoms with Crippen LogP contribution in [-0.2, 0) is 10.0 Å². The van der Waals surface area contributed by atoms with Gasteiger partial charge >= 0.3 is 0 Å². The molecule has 1 atom stereocenters. The lowest BCUT2D eigenvalue weighted by molar-refractivity contribution is 0.249. The fraction of sp³-hybridized carbons (Fsp3) is 0.312. The maximum Gasteiger partial charge on any atom is 0.256 e. The third-order valence-electron chi connectivity index (χ3n) is 4.04. The molecule has 3 rings (SSSR count). The number of nitrogens with zero attached hydrogens (tertiary/aromatic N) is 4. The number of aliphatic hydroxyl groups is 1. The van der Waals surface area contributed by atoms with Crippen LogP contribution in [0.5, 0.6) is 0 Å².